The number of carboxylic acid groups (broad SMARTS) is 1. The lowest BCUT2D eigenvalue weighted by atomic mass is 9.88. The average molecular weight is 552 g/mol. The zero-order valence-electron chi connectivity index (χ0n) is 21.4. The van der Waals surface area contributed by atoms with Crippen molar-refractivity contribution in [2.45, 2.75) is 31.8 Å². The van der Waals surface area contributed by atoms with Crippen molar-refractivity contribution < 1.29 is 19.1 Å². The molecule has 5 N–H and O–H groups in total. The standard InChI is InChI=1S/C27H30FN7O3S/c1-2-17-13-34(8-9-35(17)27(37)38)20-6-5-16(12-18(20)28)30-26-31-19-7-10-39-23(19)25(33-26)32-22-15-4-3-14(11-15)21(22)24(29)36/h3-7,10,12,14-15,17,21-22H,2,8-9,11,13H2,1H3,(H2,29,36)(H,37,38)(H2,30,31,32,33)/t14?,15?,17?,21-,22+/m0/s1. The number of amides is 2. The first-order chi connectivity index (χ1) is 18.8. The van der Waals surface area contributed by atoms with Gasteiger partial charge in [0.15, 0.2) is 0 Å². The molecule has 1 saturated carbocycles. The Balaban J connectivity index is 1.22. The predicted octanol–water partition coefficient (Wildman–Crippen LogP) is 4.24. The summed E-state index contributed by atoms with van der Waals surface area (Å²) in [5, 5.41) is 18.0. The van der Waals surface area contributed by atoms with Crippen molar-refractivity contribution in [3.8, 4) is 0 Å². The van der Waals surface area contributed by atoms with Crippen molar-refractivity contribution in [2.24, 2.45) is 23.5 Å². The molecule has 10 nitrogen and oxygen atoms in total. The van der Waals surface area contributed by atoms with E-state index in [-0.39, 0.29) is 35.7 Å². The van der Waals surface area contributed by atoms with E-state index in [0.29, 0.717) is 49.2 Å². The lowest BCUT2D eigenvalue weighted by molar-refractivity contribution is -0.122. The number of nitrogens with zero attached hydrogens (tertiary/aromatic N) is 4. The van der Waals surface area contributed by atoms with Crippen molar-refractivity contribution in [3.63, 3.8) is 0 Å². The number of anilines is 4. The van der Waals surface area contributed by atoms with Gasteiger partial charge < -0.3 is 31.3 Å². The number of nitrogens with two attached hydrogens (primary N) is 1. The van der Waals surface area contributed by atoms with E-state index in [9.17, 15) is 14.7 Å². The average Bonchev–Trinajstić information content (AvgIpc) is 3.65. The second-order valence-electron chi connectivity index (χ2n) is 10.4. The summed E-state index contributed by atoms with van der Waals surface area (Å²) in [7, 11) is 0. The molecule has 0 spiro atoms. The van der Waals surface area contributed by atoms with E-state index in [0.717, 1.165) is 16.6 Å². The van der Waals surface area contributed by atoms with Crippen LogP contribution in [0.1, 0.15) is 19.8 Å². The number of hydrogen-bond acceptors (Lipinski definition) is 8. The van der Waals surface area contributed by atoms with Gasteiger partial charge in [0.25, 0.3) is 0 Å². The lowest BCUT2D eigenvalue weighted by Gasteiger charge is -2.40. The normalized spacial score (nSPS) is 25.8. The third-order valence-electron chi connectivity index (χ3n) is 8.14. The van der Waals surface area contributed by atoms with Crippen molar-refractivity contribution in [2.75, 3.05) is 35.2 Å². The minimum absolute atomic E-state index is 0.143. The largest absolute Gasteiger partial charge is 0.465 e. The molecule has 3 aliphatic rings. The summed E-state index contributed by atoms with van der Waals surface area (Å²) in [5.74, 6) is 0.257. The fourth-order valence-corrected chi connectivity index (χ4v) is 7.01. The van der Waals surface area contributed by atoms with Gasteiger partial charge in [0.05, 0.1) is 27.9 Å². The summed E-state index contributed by atoms with van der Waals surface area (Å²) in [6.07, 6.45) is 4.83. The predicted molar refractivity (Wildman–Crippen MR) is 149 cm³/mol. The second kappa shape index (κ2) is 9.99. The Bertz CT molecular complexity index is 1460. The van der Waals surface area contributed by atoms with Gasteiger partial charge in [-0.15, -0.1) is 11.3 Å². The summed E-state index contributed by atoms with van der Waals surface area (Å²) >= 11 is 1.51. The maximum atomic E-state index is 15.3. The van der Waals surface area contributed by atoms with Crippen molar-refractivity contribution in [3.05, 3.63) is 47.6 Å². The number of carbonyl (C=O) groups excluding carboxylic acids is 1. The van der Waals surface area contributed by atoms with Gasteiger partial charge in [0.1, 0.15) is 11.6 Å². The topological polar surface area (TPSA) is 137 Å². The molecule has 39 heavy (non-hydrogen) atoms. The number of halogens is 1. The summed E-state index contributed by atoms with van der Waals surface area (Å²) in [5.41, 5.74) is 7.41. The molecule has 6 rings (SSSR count). The number of primary amides is 1. The van der Waals surface area contributed by atoms with Crippen LogP contribution in [-0.2, 0) is 4.79 Å². The van der Waals surface area contributed by atoms with E-state index in [1.54, 1.807) is 12.1 Å². The molecule has 3 unspecified atom stereocenters. The molecule has 0 radical (unpaired) electrons. The zero-order valence-corrected chi connectivity index (χ0v) is 22.2. The van der Waals surface area contributed by atoms with Gasteiger partial charge >= 0.3 is 6.09 Å². The summed E-state index contributed by atoms with van der Waals surface area (Å²) in [4.78, 5) is 36.3. The van der Waals surface area contributed by atoms with E-state index in [4.69, 9.17) is 10.7 Å². The number of piperazine rings is 1. The van der Waals surface area contributed by atoms with E-state index in [1.165, 1.54) is 22.3 Å². The molecule has 1 saturated heterocycles. The third-order valence-corrected chi connectivity index (χ3v) is 9.05. The van der Waals surface area contributed by atoms with Gasteiger partial charge in [0, 0.05) is 31.4 Å². The Kier molecular flexibility index (Phi) is 6.49. The van der Waals surface area contributed by atoms with Crippen LogP contribution in [0.5, 0.6) is 0 Å². The zero-order chi connectivity index (χ0) is 27.3. The summed E-state index contributed by atoms with van der Waals surface area (Å²) < 4.78 is 16.1. The van der Waals surface area contributed by atoms with E-state index < -0.39 is 11.9 Å². The molecule has 3 heterocycles. The number of allylic oxidation sites excluding steroid dienone is 1. The van der Waals surface area contributed by atoms with Crippen LogP contribution >= 0.6 is 11.3 Å². The number of hydrogen-bond donors (Lipinski definition) is 4. The van der Waals surface area contributed by atoms with Crippen LogP contribution in [-0.4, -0.2) is 63.7 Å². The molecular weight excluding hydrogens is 521 g/mol. The number of aromatic nitrogens is 2. The highest BCUT2D eigenvalue weighted by molar-refractivity contribution is 7.17. The Morgan fingerprint density at radius 3 is 2.77 bits per heavy atom. The first-order valence-electron chi connectivity index (χ1n) is 13.1. The van der Waals surface area contributed by atoms with Gasteiger partial charge in [-0.3, -0.25) is 4.79 Å². The molecule has 5 atom stereocenters. The summed E-state index contributed by atoms with van der Waals surface area (Å²) in [6, 6.07) is 6.43. The highest BCUT2D eigenvalue weighted by atomic mass is 32.1. The quantitative estimate of drug-likeness (QED) is 0.320. The van der Waals surface area contributed by atoms with Crippen LogP contribution in [0, 0.1) is 23.6 Å². The first kappa shape index (κ1) is 25.4. The maximum absolute atomic E-state index is 15.3. The number of fused-ring (bicyclic) bond motifs is 3. The molecule has 2 aliphatic carbocycles. The van der Waals surface area contributed by atoms with Crippen molar-refractivity contribution >= 4 is 56.7 Å². The molecule has 2 amide bonds. The van der Waals surface area contributed by atoms with E-state index in [2.05, 4.69) is 27.8 Å². The van der Waals surface area contributed by atoms with Crippen LogP contribution in [0.4, 0.5) is 32.3 Å². The number of carbonyl (C=O) groups is 2. The Morgan fingerprint density at radius 1 is 1.21 bits per heavy atom. The fraction of sp³-hybridized carbons (Fsp3) is 0.407. The molecular formula is C27H30FN7O3S. The monoisotopic (exact) mass is 551 g/mol. The number of rotatable bonds is 7. The first-order valence-corrected chi connectivity index (χ1v) is 14.0. The lowest BCUT2D eigenvalue weighted by Crippen LogP contribution is -2.54. The number of nitrogens with one attached hydrogen (secondary N) is 2. The SMILES string of the molecule is CCC1CN(c2ccc(Nc3nc(N[C@@H]4C5C=CC(C5)[C@@H]4C(N)=O)c4sccc4n3)cc2F)CCN1C(=O)O. The van der Waals surface area contributed by atoms with Gasteiger partial charge in [-0.1, -0.05) is 19.1 Å². The van der Waals surface area contributed by atoms with Crippen LogP contribution in [0.15, 0.2) is 41.8 Å². The van der Waals surface area contributed by atoms with E-state index >= 15 is 4.39 Å². The molecule has 1 aliphatic heterocycles. The fourth-order valence-electron chi connectivity index (χ4n) is 6.23. The molecule has 1 aromatic carbocycles. The highest BCUT2D eigenvalue weighted by Crippen LogP contribution is 2.45. The third kappa shape index (κ3) is 4.62. The van der Waals surface area contributed by atoms with Gasteiger partial charge in [-0.05, 0) is 54.3 Å². The van der Waals surface area contributed by atoms with E-state index in [1.807, 2.05) is 23.3 Å². The minimum Gasteiger partial charge on any atom is -0.465 e. The van der Waals surface area contributed by atoms with Crippen LogP contribution in [0.3, 0.4) is 0 Å². The number of benzene rings is 1. The molecule has 2 aromatic heterocycles. The maximum Gasteiger partial charge on any atom is 0.407 e. The van der Waals surface area contributed by atoms with Crippen LogP contribution in [0.25, 0.3) is 10.2 Å². The van der Waals surface area contributed by atoms with Gasteiger partial charge in [0.2, 0.25) is 11.9 Å². The van der Waals surface area contributed by atoms with Crippen LogP contribution < -0.4 is 21.3 Å². The molecule has 2 fully saturated rings. The smallest absolute Gasteiger partial charge is 0.407 e. The Labute approximate surface area is 228 Å². The van der Waals surface area contributed by atoms with Crippen molar-refractivity contribution in [1.82, 2.24) is 14.9 Å². The Hall–Kier alpha value is -3.93. The highest BCUT2D eigenvalue weighted by Gasteiger charge is 2.47. The second-order valence-corrected chi connectivity index (χ2v) is 11.3. The number of thiophene rings is 1. The molecule has 2 bridgehead atoms. The van der Waals surface area contributed by atoms with Gasteiger partial charge in [-0.2, -0.15) is 4.98 Å². The minimum atomic E-state index is -0.944. The van der Waals surface area contributed by atoms with Gasteiger partial charge in [-0.25, -0.2) is 14.2 Å². The summed E-state index contributed by atoms with van der Waals surface area (Å²) in [6.45, 7) is 3.11. The van der Waals surface area contributed by atoms with Crippen molar-refractivity contribution in [1.29, 1.82) is 0 Å². The molecule has 204 valence electrons. The molecule has 3 aromatic rings. The molecule has 12 heteroatoms. The van der Waals surface area contributed by atoms with Crippen LogP contribution in [0.2, 0.25) is 0 Å². The Morgan fingerprint density at radius 2 is 2.03 bits per heavy atom.